The number of carboxylic acid groups (broad SMARTS) is 1. The molecule has 1 saturated heterocycles. The Hall–Kier alpha value is -4.37. The van der Waals surface area contributed by atoms with Gasteiger partial charge in [0.25, 0.3) is 0 Å². The van der Waals surface area contributed by atoms with E-state index in [1.165, 1.54) is 0 Å². The Morgan fingerprint density at radius 3 is 2.65 bits per heavy atom. The second-order valence-electron chi connectivity index (χ2n) is 9.05. The van der Waals surface area contributed by atoms with Crippen LogP contribution in [0.25, 0.3) is 5.69 Å². The van der Waals surface area contributed by atoms with E-state index in [9.17, 15) is 9.90 Å². The van der Waals surface area contributed by atoms with Crippen molar-refractivity contribution in [1.29, 1.82) is 0 Å². The predicted octanol–water partition coefficient (Wildman–Crippen LogP) is 5.09. The Kier molecular flexibility index (Phi) is 5.57. The number of nitrogens with one attached hydrogen (secondary N) is 1. The van der Waals surface area contributed by atoms with Gasteiger partial charge in [-0.15, -0.1) is 0 Å². The number of aromatic carboxylic acids is 1. The molecule has 2 aromatic heterocycles. The van der Waals surface area contributed by atoms with Crippen molar-refractivity contribution >= 4 is 29.0 Å². The van der Waals surface area contributed by atoms with Gasteiger partial charge in [0.15, 0.2) is 16.6 Å². The smallest absolute Gasteiger partial charge is 0.335 e. The van der Waals surface area contributed by atoms with Crippen molar-refractivity contribution in [3.8, 4) is 17.2 Å². The topological polar surface area (TPSA) is 88.9 Å². The highest BCUT2D eigenvalue weighted by Crippen LogP contribution is 2.46. The first kappa shape index (κ1) is 23.1. The first-order chi connectivity index (χ1) is 17.9. The molecule has 2 aliphatic rings. The summed E-state index contributed by atoms with van der Waals surface area (Å²) in [5, 5.41) is 13.6. The van der Waals surface area contributed by atoms with E-state index in [4.69, 9.17) is 21.7 Å². The van der Waals surface area contributed by atoms with E-state index < -0.39 is 5.97 Å². The van der Waals surface area contributed by atoms with E-state index in [0.717, 1.165) is 34.0 Å². The summed E-state index contributed by atoms with van der Waals surface area (Å²) in [7, 11) is 0. The van der Waals surface area contributed by atoms with Gasteiger partial charge in [0.2, 0.25) is 6.79 Å². The van der Waals surface area contributed by atoms with Gasteiger partial charge in [0.1, 0.15) is 0 Å². The number of benzene rings is 2. The molecule has 186 valence electrons. The van der Waals surface area contributed by atoms with Gasteiger partial charge in [-0.3, -0.25) is 4.98 Å². The van der Waals surface area contributed by atoms with Crippen molar-refractivity contribution in [1.82, 2.24) is 14.9 Å². The molecule has 2 N–H and O–H groups in total. The third-order valence-electron chi connectivity index (χ3n) is 6.87. The van der Waals surface area contributed by atoms with Crippen molar-refractivity contribution in [3.63, 3.8) is 0 Å². The minimum absolute atomic E-state index is 0.192. The zero-order chi connectivity index (χ0) is 25.7. The summed E-state index contributed by atoms with van der Waals surface area (Å²) in [6, 6.07) is 20.3. The number of hydrogen-bond acceptors (Lipinski definition) is 5. The largest absolute Gasteiger partial charge is 0.478 e. The molecule has 0 amide bonds. The first-order valence-electron chi connectivity index (χ1n) is 11.9. The molecule has 0 spiro atoms. The van der Waals surface area contributed by atoms with Crippen LogP contribution in [0.1, 0.15) is 45.1 Å². The molecule has 0 aliphatic carbocycles. The van der Waals surface area contributed by atoms with Crippen LogP contribution in [0.3, 0.4) is 0 Å². The number of hydrogen-bond donors (Lipinski definition) is 2. The number of thiocarbonyl (C=S) groups is 1. The lowest BCUT2D eigenvalue weighted by Crippen LogP contribution is -2.29. The maximum atomic E-state index is 11.6. The van der Waals surface area contributed by atoms with E-state index in [0.29, 0.717) is 16.6 Å². The summed E-state index contributed by atoms with van der Waals surface area (Å²) in [6.45, 7) is 4.26. The minimum Gasteiger partial charge on any atom is -0.478 e. The maximum Gasteiger partial charge on any atom is 0.335 e. The monoisotopic (exact) mass is 512 g/mol. The molecule has 8 nitrogen and oxygen atoms in total. The Morgan fingerprint density at radius 1 is 1.03 bits per heavy atom. The van der Waals surface area contributed by atoms with Gasteiger partial charge in [-0.2, -0.15) is 0 Å². The summed E-state index contributed by atoms with van der Waals surface area (Å²) in [5.74, 6) is 0.423. The molecule has 2 aromatic carbocycles. The number of rotatable bonds is 5. The highest BCUT2D eigenvalue weighted by atomic mass is 32.1. The number of pyridine rings is 1. The Bertz CT molecular complexity index is 1530. The van der Waals surface area contributed by atoms with Crippen molar-refractivity contribution < 1.29 is 19.4 Å². The van der Waals surface area contributed by atoms with Gasteiger partial charge < -0.3 is 29.4 Å². The molecule has 0 saturated carbocycles. The maximum absolute atomic E-state index is 11.6. The molecule has 6 rings (SSSR count). The van der Waals surface area contributed by atoms with Crippen LogP contribution in [0, 0.1) is 13.8 Å². The fraction of sp³-hybridized carbons (Fsp3) is 0.179. The SMILES string of the molecule is Cc1cc([C@H]2[C@H](c3ccccn3)NC(=S)N2c2ccc3c(c2)OCO3)c(C)n1-c1cccc(C(=O)O)c1. The third kappa shape index (κ3) is 3.88. The van der Waals surface area contributed by atoms with Crippen molar-refractivity contribution in [3.05, 3.63) is 101 Å². The van der Waals surface area contributed by atoms with Gasteiger partial charge in [-0.05, 0) is 80.2 Å². The summed E-state index contributed by atoms with van der Waals surface area (Å²) < 4.78 is 13.2. The molecule has 37 heavy (non-hydrogen) atoms. The fourth-order valence-electron chi connectivity index (χ4n) is 5.25. The summed E-state index contributed by atoms with van der Waals surface area (Å²) in [5.41, 5.74) is 5.81. The second kappa shape index (κ2) is 8.94. The number of ether oxygens (including phenoxy) is 2. The summed E-state index contributed by atoms with van der Waals surface area (Å²) in [4.78, 5) is 18.4. The number of anilines is 1. The zero-order valence-corrected chi connectivity index (χ0v) is 21.0. The molecule has 1 fully saturated rings. The average molecular weight is 513 g/mol. The lowest BCUT2D eigenvalue weighted by Gasteiger charge is -2.28. The number of aromatic nitrogens is 2. The fourth-order valence-corrected chi connectivity index (χ4v) is 5.59. The molecule has 0 bridgehead atoms. The van der Waals surface area contributed by atoms with Crippen molar-refractivity contribution in [2.75, 3.05) is 11.7 Å². The molecule has 0 radical (unpaired) electrons. The number of fused-ring (bicyclic) bond motifs is 1. The van der Waals surface area contributed by atoms with Crippen LogP contribution in [0.15, 0.2) is 72.9 Å². The van der Waals surface area contributed by atoms with E-state index >= 15 is 0 Å². The molecule has 4 aromatic rings. The Balaban J connectivity index is 1.51. The van der Waals surface area contributed by atoms with Crippen molar-refractivity contribution in [2.45, 2.75) is 25.9 Å². The Morgan fingerprint density at radius 2 is 1.86 bits per heavy atom. The molecule has 0 unspecified atom stereocenters. The van der Waals surface area contributed by atoms with E-state index in [2.05, 4.69) is 25.8 Å². The Labute approximate surface area is 219 Å². The highest BCUT2D eigenvalue weighted by Gasteiger charge is 2.42. The van der Waals surface area contributed by atoms with Crippen molar-refractivity contribution in [2.24, 2.45) is 0 Å². The normalized spacial score (nSPS) is 18.2. The van der Waals surface area contributed by atoms with Gasteiger partial charge in [-0.25, -0.2) is 4.79 Å². The van der Waals surface area contributed by atoms with Crippen LogP contribution in [0.4, 0.5) is 5.69 Å². The lowest BCUT2D eigenvalue weighted by atomic mass is 9.96. The van der Waals surface area contributed by atoms with Gasteiger partial charge >= 0.3 is 5.97 Å². The molecule has 9 heteroatoms. The minimum atomic E-state index is -0.959. The van der Waals surface area contributed by atoms with Crippen LogP contribution in [-0.4, -0.2) is 32.5 Å². The van der Waals surface area contributed by atoms with Gasteiger partial charge in [-0.1, -0.05) is 12.1 Å². The molecule has 4 heterocycles. The zero-order valence-electron chi connectivity index (χ0n) is 20.2. The number of nitrogens with zero attached hydrogens (tertiary/aromatic N) is 3. The van der Waals surface area contributed by atoms with Gasteiger partial charge in [0, 0.05) is 35.0 Å². The van der Waals surface area contributed by atoms with Crippen LogP contribution >= 0.6 is 12.2 Å². The first-order valence-corrected chi connectivity index (χ1v) is 12.3. The molecular formula is C28H24N4O4S. The van der Waals surface area contributed by atoms with Gasteiger partial charge in [0.05, 0.1) is 23.3 Å². The van der Waals surface area contributed by atoms with E-state index in [1.54, 1.807) is 24.4 Å². The van der Waals surface area contributed by atoms with Crippen LogP contribution in [0.5, 0.6) is 11.5 Å². The quantitative estimate of drug-likeness (QED) is 0.358. The number of carbonyl (C=O) groups is 1. The molecular weight excluding hydrogens is 488 g/mol. The average Bonchev–Trinajstić information content (AvgIpc) is 3.59. The second-order valence-corrected chi connectivity index (χ2v) is 9.44. The molecule has 2 atom stereocenters. The lowest BCUT2D eigenvalue weighted by molar-refractivity contribution is 0.0697. The van der Waals surface area contributed by atoms with Crippen LogP contribution in [-0.2, 0) is 0 Å². The number of aryl methyl sites for hydroxylation is 1. The standard InChI is InChI=1S/C28H24N4O4S/c1-16-12-21(17(2)31(16)19-7-5-6-18(13-19)27(33)34)26-25(22-8-3-4-11-29-22)30-28(37)32(26)20-9-10-23-24(14-20)36-15-35-23/h3-14,25-26H,15H2,1-2H3,(H,30,37)(H,33,34)/t25-,26-/m0/s1. The summed E-state index contributed by atoms with van der Waals surface area (Å²) >= 11 is 5.87. The van der Waals surface area contributed by atoms with Crippen LogP contribution < -0.4 is 19.7 Å². The van der Waals surface area contributed by atoms with E-state index in [1.807, 2.05) is 56.3 Å². The van der Waals surface area contributed by atoms with E-state index in [-0.39, 0.29) is 24.4 Å². The summed E-state index contributed by atoms with van der Waals surface area (Å²) in [6.07, 6.45) is 1.78. The highest BCUT2D eigenvalue weighted by molar-refractivity contribution is 7.80. The predicted molar refractivity (Wildman–Crippen MR) is 143 cm³/mol. The third-order valence-corrected chi connectivity index (χ3v) is 7.19. The number of carboxylic acids is 1. The molecule has 2 aliphatic heterocycles. The van der Waals surface area contributed by atoms with Crippen LogP contribution in [0.2, 0.25) is 0 Å².